The fourth-order valence-corrected chi connectivity index (χ4v) is 3.52. The first-order chi connectivity index (χ1) is 12.1. The van der Waals surface area contributed by atoms with E-state index >= 15 is 0 Å². The number of aryl methyl sites for hydroxylation is 1. The quantitative estimate of drug-likeness (QED) is 0.840. The lowest BCUT2D eigenvalue weighted by atomic mass is 10.1. The van der Waals surface area contributed by atoms with Crippen LogP contribution < -0.4 is 9.64 Å². The van der Waals surface area contributed by atoms with E-state index in [-0.39, 0.29) is 5.91 Å². The van der Waals surface area contributed by atoms with Gasteiger partial charge >= 0.3 is 0 Å². The second kappa shape index (κ2) is 6.33. The Balaban J connectivity index is 1.56. The molecule has 2 aliphatic rings. The van der Waals surface area contributed by atoms with Gasteiger partial charge in [0.1, 0.15) is 12.4 Å². The molecule has 0 bridgehead atoms. The van der Waals surface area contributed by atoms with Gasteiger partial charge in [-0.2, -0.15) is 0 Å². The molecular weight excluding hydrogens is 342 g/mol. The summed E-state index contributed by atoms with van der Waals surface area (Å²) >= 11 is 6.36. The fraction of sp³-hybridized carbons (Fsp3) is 0.316. The van der Waals surface area contributed by atoms with Crippen LogP contribution in [0.4, 0.5) is 5.69 Å². The SMILES string of the molecule is Cc1ccc(OCCN2C(=O)C3(OCCO3)c3cccc(Cl)c32)cc1. The van der Waals surface area contributed by atoms with E-state index in [1.165, 1.54) is 5.56 Å². The Morgan fingerprint density at radius 3 is 2.60 bits per heavy atom. The number of hydrogen-bond donors (Lipinski definition) is 0. The predicted octanol–water partition coefficient (Wildman–Crippen LogP) is 3.27. The highest BCUT2D eigenvalue weighted by atomic mass is 35.5. The largest absolute Gasteiger partial charge is 0.492 e. The number of benzene rings is 2. The van der Waals surface area contributed by atoms with Crippen LogP contribution >= 0.6 is 11.6 Å². The first-order valence-electron chi connectivity index (χ1n) is 8.20. The number of carbonyl (C=O) groups is 1. The summed E-state index contributed by atoms with van der Waals surface area (Å²) in [6.45, 7) is 3.48. The number of nitrogens with zero attached hydrogens (tertiary/aromatic N) is 1. The van der Waals surface area contributed by atoms with Crippen molar-refractivity contribution < 1.29 is 19.0 Å². The molecule has 1 fully saturated rings. The van der Waals surface area contributed by atoms with Crippen molar-refractivity contribution in [2.45, 2.75) is 12.7 Å². The molecule has 0 radical (unpaired) electrons. The standard InChI is InChI=1S/C19H18ClNO4/c1-13-5-7-14(8-6-13)23-10-9-21-17-15(3-2-4-16(17)20)19(18(21)22)24-11-12-25-19/h2-8H,9-12H2,1H3. The molecule has 0 saturated carbocycles. The number of amides is 1. The van der Waals surface area contributed by atoms with E-state index in [0.717, 1.165) is 5.75 Å². The Labute approximate surface area is 151 Å². The Morgan fingerprint density at radius 1 is 1.16 bits per heavy atom. The van der Waals surface area contributed by atoms with Crippen LogP contribution in [0.15, 0.2) is 42.5 Å². The molecule has 0 atom stereocenters. The van der Waals surface area contributed by atoms with Gasteiger partial charge in [-0.05, 0) is 25.1 Å². The number of halogens is 1. The zero-order valence-electron chi connectivity index (χ0n) is 13.8. The van der Waals surface area contributed by atoms with E-state index < -0.39 is 5.79 Å². The molecule has 0 aliphatic carbocycles. The van der Waals surface area contributed by atoms with Crippen LogP contribution in [-0.2, 0) is 20.1 Å². The van der Waals surface area contributed by atoms with Crippen molar-refractivity contribution >= 4 is 23.2 Å². The Bertz CT molecular complexity index is 800. The second-order valence-electron chi connectivity index (χ2n) is 6.07. The number of ether oxygens (including phenoxy) is 3. The summed E-state index contributed by atoms with van der Waals surface area (Å²) in [5, 5.41) is 0.497. The molecule has 6 heteroatoms. The first kappa shape index (κ1) is 16.4. The van der Waals surface area contributed by atoms with Crippen molar-refractivity contribution in [2.24, 2.45) is 0 Å². The normalized spacial score (nSPS) is 18.0. The topological polar surface area (TPSA) is 48.0 Å². The fourth-order valence-electron chi connectivity index (χ4n) is 3.24. The summed E-state index contributed by atoms with van der Waals surface area (Å²) in [6, 6.07) is 13.2. The van der Waals surface area contributed by atoms with Crippen molar-refractivity contribution in [2.75, 3.05) is 31.3 Å². The van der Waals surface area contributed by atoms with Crippen molar-refractivity contribution in [3.8, 4) is 5.75 Å². The molecule has 130 valence electrons. The molecule has 2 aliphatic heterocycles. The van der Waals surface area contributed by atoms with Gasteiger partial charge in [0.2, 0.25) is 0 Å². The predicted molar refractivity (Wildman–Crippen MR) is 94.1 cm³/mol. The lowest BCUT2D eigenvalue weighted by Gasteiger charge is -2.22. The summed E-state index contributed by atoms with van der Waals surface area (Å²) < 4.78 is 17.1. The van der Waals surface area contributed by atoms with Crippen molar-refractivity contribution in [1.82, 2.24) is 0 Å². The van der Waals surface area contributed by atoms with Gasteiger partial charge in [-0.1, -0.05) is 41.4 Å². The van der Waals surface area contributed by atoms with Gasteiger partial charge in [-0.3, -0.25) is 4.79 Å². The van der Waals surface area contributed by atoms with Crippen LogP contribution in [0.5, 0.6) is 5.75 Å². The molecule has 1 amide bonds. The molecular formula is C19H18ClNO4. The number of hydrogen-bond acceptors (Lipinski definition) is 4. The molecule has 2 heterocycles. The summed E-state index contributed by atoms with van der Waals surface area (Å²) in [6.07, 6.45) is 0. The van der Waals surface area contributed by atoms with Gasteiger partial charge in [-0.25, -0.2) is 0 Å². The minimum absolute atomic E-state index is 0.249. The first-order valence-corrected chi connectivity index (χ1v) is 8.58. The minimum atomic E-state index is -1.36. The number of carbonyl (C=O) groups excluding carboxylic acids is 1. The monoisotopic (exact) mass is 359 g/mol. The molecule has 0 aromatic heterocycles. The highest BCUT2D eigenvalue weighted by Gasteiger charge is 2.56. The lowest BCUT2D eigenvalue weighted by Crippen LogP contribution is -2.42. The van der Waals surface area contributed by atoms with Crippen LogP contribution in [0.1, 0.15) is 11.1 Å². The average molecular weight is 360 g/mol. The third-order valence-electron chi connectivity index (χ3n) is 4.44. The second-order valence-corrected chi connectivity index (χ2v) is 6.48. The van der Waals surface area contributed by atoms with E-state index in [1.54, 1.807) is 17.0 Å². The Morgan fingerprint density at radius 2 is 1.88 bits per heavy atom. The molecule has 0 unspecified atom stereocenters. The van der Waals surface area contributed by atoms with Crippen LogP contribution in [0.3, 0.4) is 0 Å². The molecule has 25 heavy (non-hydrogen) atoms. The zero-order valence-corrected chi connectivity index (χ0v) is 14.6. The van der Waals surface area contributed by atoms with Gasteiger partial charge in [0.05, 0.1) is 30.5 Å². The molecule has 0 N–H and O–H groups in total. The minimum Gasteiger partial charge on any atom is -0.492 e. The lowest BCUT2D eigenvalue weighted by molar-refractivity contribution is -0.180. The van der Waals surface area contributed by atoms with Crippen LogP contribution in [0.2, 0.25) is 5.02 Å². The van der Waals surface area contributed by atoms with Crippen molar-refractivity contribution in [1.29, 1.82) is 0 Å². The zero-order chi connectivity index (χ0) is 17.4. The van der Waals surface area contributed by atoms with Gasteiger partial charge < -0.3 is 19.1 Å². The molecule has 2 aromatic carbocycles. The average Bonchev–Trinajstić information content (AvgIpc) is 3.18. The number of rotatable bonds is 4. The van der Waals surface area contributed by atoms with Crippen LogP contribution in [-0.4, -0.2) is 32.3 Å². The van der Waals surface area contributed by atoms with Crippen LogP contribution in [0, 0.1) is 6.92 Å². The smallest absolute Gasteiger partial charge is 0.292 e. The highest BCUT2D eigenvalue weighted by Crippen LogP contribution is 2.48. The van der Waals surface area contributed by atoms with E-state index in [1.807, 2.05) is 37.3 Å². The molecule has 2 aromatic rings. The summed E-state index contributed by atoms with van der Waals surface area (Å²) in [4.78, 5) is 14.6. The Kier molecular flexibility index (Phi) is 4.15. The third-order valence-corrected chi connectivity index (χ3v) is 4.74. The van der Waals surface area contributed by atoms with Crippen molar-refractivity contribution in [3.05, 3.63) is 58.6 Å². The van der Waals surface area contributed by atoms with Crippen LogP contribution in [0.25, 0.3) is 0 Å². The Hall–Kier alpha value is -2.08. The number of anilines is 1. The van der Waals surface area contributed by atoms with E-state index in [0.29, 0.717) is 42.6 Å². The van der Waals surface area contributed by atoms with Gasteiger partial charge in [0.25, 0.3) is 11.7 Å². The summed E-state index contributed by atoms with van der Waals surface area (Å²) in [7, 11) is 0. The maximum Gasteiger partial charge on any atom is 0.292 e. The van der Waals surface area contributed by atoms with E-state index in [2.05, 4.69) is 0 Å². The highest BCUT2D eigenvalue weighted by molar-refractivity contribution is 6.35. The molecule has 4 rings (SSSR count). The maximum atomic E-state index is 13.0. The van der Waals surface area contributed by atoms with Gasteiger partial charge in [-0.15, -0.1) is 0 Å². The number of para-hydroxylation sites is 1. The summed E-state index contributed by atoms with van der Waals surface area (Å²) in [5.41, 5.74) is 2.47. The number of fused-ring (bicyclic) bond motifs is 2. The third kappa shape index (κ3) is 2.68. The van der Waals surface area contributed by atoms with E-state index in [9.17, 15) is 4.79 Å². The summed E-state index contributed by atoms with van der Waals surface area (Å²) in [5.74, 6) is -0.843. The molecule has 1 saturated heterocycles. The van der Waals surface area contributed by atoms with E-state index in [4.69, 9.17) is 25.8 Å². The maximum absolute atomic E-state index is 13.0. The molecule has 1 spiro atoms. The van der Waals surface area contributed by atoms with Gasteiger partial charge in [0, 0.05) is 5.56 Å². The molecule has 5 nitrogen and oxygen atoms in total. The van der Waals surface area contributed by atoms with Gasteiger partial charge in [0.15, 0.2) is 0 Å². The van der Waals surface area contributed by atoms with Crippen molar-refractivity contribution in [3.63, 3.8) is 0 Å².